The summed E-state index contributed by atoms with van der Waals surface area (Å²) in [6.07, 6.45) is 0.0898. The number of halogens is 3. The molecule has 0 aliphatic heterocycles. The first-order valence-electron chi connectivity index (χ1n) is 5.70. The molecular formula is C15H11BrClFO. The summed E-state index contributed by atoms with van der Waals surface area (Å²) in [5.41, 5.74) is 1.65. The van der Waals surface area contributed by atoms with E-state index >= 15 is 0 Å². The van der Waals surface area contributed by atoms with Crippen molar-refractivity contribution >= 4 is 33.3 Å². The summed E-state index contributed by atoms with van der Waals surface area (Å²) >= 11 is 9.36. The van der Waals surface area contributed by atoms with E-state index in [0.29, 0.717) is 10.6 Å². The Labute approximate surface area is 124 Å². The Balaban J connectivity index is 2.28. The van der Waals surface area contributed by atoms with Crippen LogP contribution in [-0.2, 0) is 6.42 Å². The van der Waals surface area contributed by atoms with Gasteiger partial charge in [0.15, 0.2) is 5.78 Å². The predicted octanol–water partition coefficient (Wildman–Crippen LogP) is 4.98. The van der Waals surface area contributed by atoms with Crippen molar-refractivity contribution in [1.82, 2.24) is 0 Å². The zero-order valence-corrected chi connectivity index (χ0v) is 12.6. The van der Waals surface area contributed by atoms with Crippen LogP contribution in [-0.4, -0.2) is 5.78 Å². The average Bonchev–Trinajstić information content (AvgIpc) is 2.35. The first kappa shape index (κ1) is 14.2. The van der Waals surface area contributed by atoms with Crippen molar-refractivity contribution in [2.24, 2.45) is 0 Å². The third kappa shape index (κ3) is 3.43. The molecule has 1 nitrogen and oxygen atoms in total. The molecule has 0 aromatic heterocycles. The van der Waals surface area contributed by atoms with E-state index in [1.165, 1.54) is 6.07 Å². The SMILES string of the molecule is Cc1ccc(F)c(C(=O)Cc2ccc(Br)cc2Cl)c1. The van der Waals surface area contributed by atoms with Crippen LogP contribution in [0.4, 0.5) is 4.39 Å². The number of carbonyl (C=O) groups is 1. The van der Waals surface area contributed by atoms with Crippen LogP contribution in [0.1, 0.15) is 21.5 Å². The summed E-state index contributed by atoms with van der Waals surface area (Å²) in [6.45, 7) is 1.82. The second-order valence-corrected chi connectivity index (χ2v) is 5.64. The third-order valence-electron chi connectivity index (χ3n) is 2.79. The molecule has 2 rings (SSSR count). The second-order valence-electron chi connectivity index (χ2n) is 4.32. The lowest BCUT2D eigenvalue weighted by Gasteiger charge is -2.06. The monoisotopic (exact) mass is 340 g/mol. The molecular weight excluding hydrogens is 331 g/mol. The lowest BCUT2D eigenvalue weighted by molar-refractivity contribution is 0.0989. The molecule has 0 radical (unpaired) electrons. The van der Waals surface area contributed by atoms with Crippen molar-refractivity contribution in [2.45, 2.75) is 13.3 Å². The zero-order valence-electron chi connectivity index (χ0n) is 10.2. The highest BCUT2D eigenvalue weighted by Gasteiger charge is 2.14. The quantitative estimate of drug-likeness (QED) is 0.720. The number of benzene rings is 2. The van der Waals surface area contributed by atoms with Crippen LogP contribution in [0.5, 0.6) is 0 Å². The van der Waals surface area contributed by atoms with Crippen LogP contribution >= 0.6 is 27.5 Å². The molecule has 0 spiro atoms. The maximum absolute atomic E-state index is 13.6. The fourth-order valence-electron chi connectivity index (χ4n) is 1.79. The molecule has 2 aromatic carbocycles. The highest BCUT2D eigenvalue weighted by molar-refractivity contribution is 9.10. The van der Waals surface area contributed by atoms with Crippen molar-refractivity contribution in [3.63, 3.8) is 0 Å². The van der Waals surface area contributed by atoms with Gasteiger partial charge in [-0.2, -0.15) is 0 Å². The number of aryl methyl sites for hydroxylation is 1. The van der Waals surface area contributed by atoms with Gasteiger partial charge in [0.2, 0.25) is 0 Å². The van der Waals surface area contributed by atoms with E-state index in [1.54, 1.807) is 30.3 Å². The molecule has 4 heteroatoms. The highest BCUT2D eigenvalue weighted by atomic mass is 79.9. The zero-order chi connectivity index (χ0) is 14.0. The molecule has 0 aliphatic carbocycles. The number of Topliss-reactive ketones (excluding diaryl/α,β-unsaturated/α-hetero) is 1. The number of hydrogen-bond acceptors (Lipinski definition) is 1. The molecule has 0 bridgehead atoms. The van der Waals surface area contributed by atoms with Gasteiger partial charge < -0.3 is 0 Å². The van der Waals surface area contributed by atoms with Crippen molar-refractivity contribution < 1.29 is 9.18 Å². The lowest BCUT2D eigenvalue weighted by Crippen LogP contribution is -2.07. The molecule has 0 amide bonds. The van der Waals surface area contributed by atoms with E-state index in [0.717, 1.165) is 10.0 Å². The summed E-state index contributed by atoms with van der Waals surface area (Å²) < 4.78 is 14.5. The Kier molecular flexibility index (Phi) is 4.38. The summed E-state index contributed by atoms with van der Waals surface area (Å²) in [4.78, 5) is 12.1. The Hall–Kier alpha value is -1.19. The Morgan fingerprint density at radius 3 is 2.68 bits per heavy atom. The van der Waals surface area contributed by atoms with E-state index in [9.17, 15) is 9.18 Å². The van der Waals surface area contributed by atoms with Crippen molar-refractivity contribution in [3.05, 3.63) is 68.4 Å². The molecule has 0 unspecified atom stereocenters. The fraction of sp³-hybridized carbons (Fsp3) is 0.133. The fourth-order valence-corrected chi connectivity index (χ4v) is 2.53. The number of rotatable bonds is 3. The molecule has 0 saturated carbocycles. The van der Waals surface area contributed by atoms with Crippen LogP contribution in [0.25, 0.3) is 0 Å². The van der Waals surface area contributed by atoms with Gasteiger partial charge in [0, 0.05) is 15.9 Å². The van der Waals surface area contributed by atoms with Gasteiger partial charge in [-0.15, -0.1) is 0 Å². The molecule has 98 valence electrons. The molecule has 0 aliphatic rings. The Morgan fingerprint density at radius 2 is 2.00 bits per heavy atom. The van der Waals surface area contributed by atoms with Gasteiger partial charge >= 0.3 is 0 Å². The molecule has 0 atom stereocenters. The van der Waals surface area contributed by atoms with Crippen molar-refractivity contribution in [1.29, 1.82) is 0 Å². The Bertz CT molecular complexity index is 640. The second kappa shape index (κ2) is 5.85. The van der Waals surface area contributed by atoms with Crippen LogP contribution in [0.3, 0.4) is 0 Å². The number of hydrogen-bond donors (Lipinski definition) is 0. The maximum atomic E-state index is 13.6. The van der Waals surface area contributed by atoms with E-state index < -0.39 is 5.82 Å². The van der Waals surface area contributed by atoms with E-state index in [1.807, 2.05) is 6.92 Å². The summed E-state index contributed by atoms with van der Waals surface area (Å²) in [7, 11) is 0. The van der Waals surface area contributed by atoms with Crippen molar-refractivity contribution in [3.8, 4) is 0 Å². The lowest BCUT2D eigenvalue weighted by atomic mass is 10.0. The van der Waals surface area contributed by atoms with Gasteiger partial charge in [-0.05, 0) is 36.8 Å². The van der Waals surface area contributed by atoms with Crippen LogP contribution in [0.2, 0.25) is 5.02 Å². The molecule has 0 heterocycles. The minimum Gasteiger partial charge on any atom is -0.294 e. The van der Waals surface area contributed by atoms with Crippen molar-refractivity contribution in [2.75, 3.05) is 0 Å². The van der Waals surface area contributed by atoms with Gasteiger partial charge in [-0.25, -0.2) is 4.39 Å². The van der Waals surface area contributed by atoms with Gasteiger partial charge in [-0.1, -0.05) is 45.2 Å². The molecule has 0 fully saturated rings. The molecule has 0 saturated heterocycles. The molecule has 0 N–H and O–H groups in total. The van der Waals surface area contributed by atoms with Gasteiger partial charge in [0.25, 0.3) is 0 Å². The van der Waals surface area contributed by atoms with Crippen LogP contribution < -0.4 is 0 Å². The standard InChI is InChI=1S/C15H11BrClFO/c1-9-2-5-14(18)12(6-9)15(19)7-10-3-4-11(16)8-13(10)17/h2-6,8H,7H2,1H3. The minimum atomic E-state index is -0.496. The maximum Gasteiger partial charge on any atom is 0.170 e. The van der Waals surface area contributed by atoms with E-state index in [4.69, 9.17) is 11.6 Å². The minimum absolute atomic E-state index is 0.0898. The van der Waals surface area contributed by atoms with E-state index in [2.05, 4.69) is 15.9 Å². The molecule has 19 heavy (non-hydrogen) atoms. The number of carbonyl (C=O) groups excluding carboxylic acids is 1. The van der Waals surface area contributed by atoms with Gasteiger partial charge in [0.05, 0.1) is 5.56 Å². The Morgan fingerprint density at radius 1 is 1.26 bits per heavy atom. The smallest absolute Gasteiger partial charge is 0.170 e. The summed E-state index contributed by atoms with van der Waals surface area (Å²) in [5.74, 6) is -0.769. The van der Waals surface area contributed by atoms with Crippen LogP contribution in [0.15, 0.2) is 40.9 Å². The normalized spacial score (nSPS) is 10.5. The summed E-state index contributed by atoms with van der Waals surface area (Å²) in [5, 5.41) is 0.496. The van der Waals surface area contributed by atoms with Crippen LogP contribution in [0, 0.1) is 12.7 Å². The predicted molar refractivity (Wildman–Crippen MR) is 78.3 cm³/mol. The molecule has 2 aromatic rings. The first-order chi connectivity index (χ1) is 8.97. The largest absolute Gasteiger partial charge is 0.294 e. The summed E-state index contributed by atoms with van der Waals surface area (Å²) in [6, 6.07) is 9.80. The first-order valence-corrected chi connectivity index (χ1v) is 6.88. The van der Waals surface area contributed by atoms with Gasteiger partial charge in [0.1, 0.15) is 5.82 Å². The van der Waals surface area contributed by atoms with Gasteiger partial charge in [-0.3, -0.25) is 4.79 Å². The topological polar surface area (TPSA) is 17.1 Å². The highest BCUT2D eigenvalue weighted by Crippen LogP contribution is 2.23. The average molecular weight is 342 g/mol. The number of ketones is 1. The third-order valence-corrected chi connectivity index (χ3v) is 3.63. The van der Waals surface area contributed by atoms with E-state index in [-0.39, 0.29) is 17.8 Å².